The van der Waals surface area contributed by atoms with Gasteiger partial charge in [0.1, 0.15) is 5.75 Å². The third-order valence-electron chi connectivity index (χ3n) is 3.17. The number of rotatable bonds is 6. The van der Waals surface area contributed by atoms with Crippen molar-refractivity contribution in [3.05, 3.63) is 45.1 Å². The SMILES string of the molecule is COCCn1ncc(Cl)c1C(N)c1cc(OC)ccc1Br. The van der Waals surface area contributed by atoms with E-state index in [2.05, 4.69) is 21.0 Å². The summed E-state index contributed by atoms with van der Waals surface area (Å²) in [5.41, 5.74) is 8.02. The lowest BCUT2D eigenvalue weighted by atomic mass is 10.0. The summed E-state index contributed by atoms with van der Waals surface area (Å²) >= 11 is 9.76. The number of aromatic nitrogens is 2. The largest absolute Gasteiger partial charge is 0.497 e. The second-order valence-corrected chi connectivity index (χ2v) is 5.72. The molecular weight excluding hydrogens is 358 g/mol. The number of ether oxygens (including phenoxy) is 2. The lowest BCUT2D eigenvalue weighted by Gasteiger charge is -2.17. The van der Waals surface area contributed by atoms with Gasteiger partial charge in [0.15, 0.2) is 0 Å². The minimum absolute atomic E-state index is 0.415. The fraction of sp³-hybridized carbons (Fsp3) is 0.357. The van der Waals surface area contributed by atoms with Crippen LogP contribution in [0.5, 0.6) is 5.75 Å². The van der Waals surface area contributed by atoms with Gasteiger partial charge in [0.05, 0.1) is 43.2 Å². The van der Waals surface area contributed by atoms with Crippen LogP contribution in [0.2, 0.25) is 5.02 Å². The van der Waals surface area contributed by atoms with E-state index in [1.54, 1.807) is 25.1 Å². The van der Waals surface area contributed by atoms with Crippen LogP contribution in [0.4, 0.5) is 0 Å². The molecule has 2 N–H and O–H groups in total. The number of hydrogen-bond acceptors (Lipinski definition) is 4. The van der Waals surface area contributed by atoms with E-state index in [-0.39, 0.29) is 0 Å². The molecule has 21 heavy (non-hydrogen) atoms. The Morgan fingerprint density at radius 1 is 1.43 bits per heavy atom. The number of methoxy groups -OCH3 is 2. The topological polar surface area (TPSA) is 62.3 Å². The monoisotopic (exact) mass is 373 g/mol. The lowest BCUT2D eigenvalue weighted by molar-refractivity contribution is 0.182. The second-order valence-electron chi connectivity index (χ2n) is 4.46. The van der Waals surface area contributed by atoms with Crippen molar-refractivity contribution in [3.8, 4) is 5.75 Å². The van der Waals surface area contributed by atoms with Gasteiger partial charge in [0.25, 0.3) is 0 Å². The zero-order chi connectivity index (χ0) is 15.4. The van der Waals surface area contributed by atoms with Crippen LogP contribution in [0.25, 0.3) is 0 Å². The van der Waals surface area contributed by atoms with Crippen LogP contribution in [0.15, 0.2) is 28.9 Å². The van der Waals surface area contributed by atoms with Crippen LogP contribution < -0.4 is 10.5 Å². The van der Waals surface area contributed by atoms with E-state index in [4.69, 9.17) is 26.8 Å². The minimum atomic E-state index is -0.415. The molecule has 0 aliphatic carbocycles. The molecule has 0 fully saturated rings. The van der Waals surface area contributed by atoms with Gasteiger partial charge in [-0.1, -0.05) is 27.5 Å². The first kappa shape index (κ1) is 16.3. The normalized spacial score (nSPS) is 12.4. The molecule has 1 aromatic heterocycles. The standard InChI is InChI=1S/C14H17BrClN3O2/c1-20-6-5-19-14(12(16)8-18-19)13(17)10-7-9(21-2)3-4-11(10)15/h3-4,7-8,13H,5-6,17H2,1-2H3. The smallest absolute Gasteiger partial charge is 0.119 e. The van der Waals surface area contributed by atoms with Gasteiger partial charge in [-0.05, 0) is 23.8 Å². The summed E-state index contributed by atoms with van der Waals surface area (Å²) in [5, 5.41) is 4.79. The summed E-state index contributed by atoms with van der Waals surface area (Å²) in [6.45, 7) is 1.13. The van der Waals surface area contributed by atoms with Gasteiger partial charge in [-0.2, -0.15) is 5.10 Å². The van der Waals surface area contributed by atoms with Crippen molar-refractivity contribution in [1.29, 1.82) is 0 Å². The maximum atomic E-state index is 6.39. The molecule has 0 aliphatic rings. The van der Waals surface area contributed by atoms with Crippen LogP contribution in [0.1, 0.15) is 17.3 Å². The van der Waals surface area contributed by atoms with Gasteiger partial charge >= 0.3 is 0 Å². The van der Waals surface area contributed by atoms with Crippen molar-refractivity contribution >= 4 is 27.5 Å². The summed E-state index contributed by atoms with van der Waals surface area (Å²) in [7, 11) is 3.26. The summed E-state index contributed by atoms with van der Waals surface area (Å²) in [4.78, 5) is 0. The van der Waals surface area contributed by atoms with Gasteiger partial charge in [0.2, 0.25) is 0 Å². The Hall–Kier alpha value is -1.08. The van der Waals surface area contributed by atoms with Crippen LogP contribution in [0.3, 0.4) is 0 Å². The van der Waals surface area contributed by atoms with Crippen LogP contribution >= 0.6 is 27.5 Å². The zero-order valence-electron chi connectivity index (χ0n) is 11.8. The Morgan fingerprint density at radius 3 is 2.86 bits per heavy atom. The van der Waals surface area contributed by atoms with Crippen LogP contribution in [0, 0.1) is 0 Å². The maximum absolute atomic E-state index is 6.39. The number of nitrogens with two attached hydrogens (primary N) is 1. The van der Waals surface area contributed by atoms with Gasteiger partial charge in [-0.15, -0.1) is 0 Å². The molecule has 0 aliphatic heterocycles. The van der Waals surface area contributed by atoms with E-state index in [9.17, 15) is 0 Å². The van der Waals surface area contributed by atoms with E-state index in [0.717, 1.165) is 21.5 Å². The Kier molecular flexibility index (Phi) is 5.64. The van der Waals surface area contributed by atoms with E-state index < -0.39 is 6.04 Å². The molecular formula is C14H17BrClN3O2. The molecule has 0 radical (unpaired) electrons. The molecule has 114 valence electrons. The Labute approximate surface area is 137 Å². The van der Waals surface area contributed by atoms with E-state index in [1.165, 1.54) is 0 Å². The van der Waals surface area contributed by atoms with Crippen molar-refractivity contribution in [2.24, 2.45) is 5.73 Å². The Balaban J connectivity index is 2.39. The van der Waals surface area contributed by atoms with Crippen LogP contribution in [-0.2, 0) is 11.3 Å². The highest BCUT2D eigenvalue weighted by Gasteiger charge is 2.21. The number of benzene rings is 1. The molecule has 0 saturated carbocycles. The second kappa shape index (κ2) is 7.26. The quantitative estimate of drug-likeness (QED) is 0.844. The molecule has 0 bridgehead atoms. The summed E-state index contributed by atoms with van der Waals surface area (Å²) < 4.78 is 13.0. The number of nitrogens with zero attached hydrogens (tertiary/aromatic N) is 2. The molecule has 1 atom stereocenters. The number of hydrogen-bond donors (Lipinski definition) is 1. The Bertz CT molecular complexity index is 618. The van der Waals surface area contributed by atoms with Crippen molar-refractivity contribution in [3.63, 3.8) is 0 Å². The molecule has 0 spiro atoms. The summed E-state index contributed by atoms with van der Waals surface area (Å²) in [5.74, 6) is 0.739. The first-order chi connectivity index (χ1) is 10.1. The fourth-order valence-corrected chi connectivity index (χ4v) is 2.82. The van der Waals surface area contributed by atoms with E-state index >= 15 is 0 Å². The molecule has 2 aromatic rings. The minimum Gasteiger partial charge on any atom is -0.497 e. The molecule has 2 rings (SSSR count). The Morgan fingerprint density at radius 2 is 2.19 bits per heavy atom. The summed E-state index contributed by atoms with van der Waals surface area (Å²) in [6, 6.07) is 5.24. The van der Waals surface area contributed by atoms with Crippen LogP contribution in [-0.4, -0.2) is 30.6 Å². The molecule has 5 nitrogen and oxygen atoms in total. The van der Waals surface area contributed by atoms with E-state index in [0.29, 0.717) is 18.2 Å². The molecule has 1 heterocycles. The third-order valence-corrected chi connectivity index (χ3v) is 4.19. The average molecular weight is 375 g/mol. The molecule has 1 aromatic carbocycles. The molecule has 1 unspecified atom stereocenters. The highest BCUT2D eigenvalue weighted by atomic mass is 79.9. The maximum Gasteiger partial charge on any atom is 0.119 e. The lowest BCUT2D eigenvalue weighted by Crippen LogP contribution is -2.20. The first-order valence-electron chi connectivity index (χ1n) is 6.37. The van der Waals surface area contributed by atoms with Crippen molar-refractivity contribution in [2.75, 3.05) is 20.8 Å². The highest BCUT2D eigenvalue weighted by Crippen LogP contribution is 2.33. The zero-order valence-corrected chi connectivity index (χ0v) is 14.2. The predicted octanol–water partition coefficient (Wildman–Crippen LogP) is 3.00. The van der Waals surface area contributed by atoms with Crippen molar-refractivity contribution in [1.82, 2.24) is 9.78 Å². The summed E-state index contributed by atoms with van der Waals surface area (Å²) in [6.07, 6.45) is 1.60. The van der Waals surface area contributed by atoms with Gasteiger partial charge < -0.3 is 15.2 Å². The predicted molar refractivity (Wildman–Crippen MR) is 85.8 cm³/mol. The average Bonchev–Trinajstić information content (AvgIpc) is 2.86. The molecule has 0 amide bonds. The molecule has 0 saturated heterocycles. The van der Waals surface area contributed by atoms with Crippen molar-refractivity contribution < 1.29 is 9.47 Å². The van der Waals surface area contributed by atoms with Gasteiger partial charge in [-0.3, -0.25) is 4.68 Å². The van der Waals surface area contributed by atoms with Gasteiger partial charge in [0, 0.05) is 11.6 Å². The van der Waals surface area contributed by atoms with E-state index in [1.807, 2.05) is 18.2 Å². The number of halogens is 2. The fourth-order valence-electron chi connectivity index (χ4n) is 2.07. The van der Waals surface area contributed by atoms with Gasteiger partial charge in [-0.25, -0.2) is 0 Å². The first-order valence-corrected chi connectivity index (χ1v) is 7.54. The van der Waals surface area contributed by atoms with Crippen molar-refractivity contribution in [2.45, 2.75) is 12.6 Å². The third kappa shape index (κ3) is 3.58. The molecule has 7 heteroatoms. The highest BCUT2D eigenvalue weighted by molar-refractivity contribution is 9.10.